The summed E-state index contributed by atoms with van der Waals surface area (Å²) < 4.78 is 79.8. The number of hydrogen-bond acceptors (Lipinski definition) is 8. The third-order valence-corrected chi connectivity index (χ3v) is 6.70. The number of fused-ring (bicyclic) bond motifs is 1. The number of amides is 1. The highest BCUT2D eigenvalue weighted by Crippen LogP contribution is 2.36. The topological polar surface area (TPSA) is 125 Å². The number of rotatable bonds is 9. The van der Waals surface area contributed by atoms with E-state index >= 15 is 8.78 Å². The molecule has 0 atom stereocenters. The number of aromatic amines is 1. The van der Waals surface area contributed by atoms with Crippen LogP contribution in [0.25, 0.3) is 22.2 Å². The lowest BCUT2D eigenvalue weighted by molar-refractivity contribution is 0.101. The molecule has 5 rings (SSSR count). The lowest BCUT2D eigenvalue weighted by Crippen LogP contribution is -2.27. The highest BCUT2D eigenvalue weighted by Gasteiger charge is 2.25. The first-order chi connectivity index (χ1) is 21.6. The first-order valence-corrected chi connectivity index (χ1v) is 13.1. The van der Waals surface area contributed by atoms with Gasteiger partial charge >= 0.3 is 0 Å². The van der Waals surface area contributed by atoms with Crippen molar-refractivity contribution in [1.82, 2.24) is 15.0 Å². The fourth-order valence-corrected chi connectivity index (χ4v) is 4.69. The lowest BCUT2D eigenvalue weighted by atomic mass is 9.99. The minimum absolute atomic E-state index is 0.00581. The molecule has 45 heavy (non-hydrogen) atoms. The van der Waals surface area contributed by atoms with E-state index in [4.69, 9.17) is 18.9 Å². The van der Waals surface area contributed by atoms with Crippen LogP contribution >= 0.6 is 0 Å². The van der Waals surface area contributed by atoms with Crippen LogP contribution in [-0.2, 0) is 11.3 Å². The number of carbonyl (C=O) groups excluding carboxylic acids is 1. The summed E-state index contributed by atoms with van der Waals surface area (Å²) in [5.74, 6) is -5.33. The van der Waals surface area contributed by atoms with E-state index in [1.165, 1.54) is 46.6 Å². The van der Waals surface area contributed by atoms with E-state index in [0.29, 0.717) is 29.5 Å². The van der Waals surface area contributed by atoms with Crippen LogP contribution < -0.4 is 25.0 Å². The van der Waals surface area contributed by atoms with Crippen LogP contribution in [0.1, 0.15) is 21.7 Å². The van der Waals surface area contributed by atoms with Gasteiger partial charge in [0.05, 0.1) is 43.3 Å². The Bertz CT molecular complexity index is 2020. The summed E-state index contributed by atoms with van der Waals surface area (Å²) in [5, 5.41) is 2.19. The molecule has 3 heterocycles. The summed E-state index contributed by atoms with van der Waals surface area (Å²) in [7, 11) is 4.10. The van der Waals surface area contributed by atoms with Gasteiger partial charge in [0.15, 0.2) is 28.9 Å². The minimum Gasteiger partial charge on any atom is -0.491 e. The van der Waals surface area contributed by atoms with E-state index in [1.54, 1.807) is 0 Å². The van der Waals surface area contributed by atoms with E-state index in [1.807, 2.05) is 0 Å². The number of carbonyl (C=O) groups is 1. The van der Waals surface area contributed by atoms with Gasteiger partial charge in [-0.2, -0.15) is 0 Å². The molecule has 0 saturated carbocycles. The average molecular weight is 625 g/mol. The van der Waals surface area contributed by atoms with Crippen LogP contribution in [0.15, 0.2) is 53.5 Å². The molecule has 232 valence electrons. The van der Waals surface area contributed by atoms with Crippen molar-refractivity contribution in [3.8, 4) is 34.3 Å². The molecule has 0 radical (unpaired) electrons. The Labute approximate surface area is 252 Å². The van der Waals surface area contributed by atoms with Crippen LogP contribution in [0, 0.1) is 30.2 Å². The number of aromatic nitrogens is 3. The zero-order valence-corrected chi connectivity index (χ0v) is 24.2. The second-order valence-electron chi connectivity index (χ2n) is 9.56. The van der Waals surface area contributed by atoms with Crippen molar-refractivity contribution >= 4 is 22.6 Å². The van der Waals surface area contributed by atoms with Crippen molar-refractivity contribution in [2.45, 2.75) is 13.5 Å². The van der Waals surface area contributed by atoms with E-state index in [-0.39, 0.29) is 46.3 Å². The first-order valence-electron chi connectivity index (χ1n) is 13.1. The summed E-state index contributed by atoms with van der Waals surface area (Å²) in [6.45, 7) is 1.21. The molecule has 0 bridgehead atoms. The van der Waals surface area contributed by atoms with Crippen LogP contribution in [0.3, 0.4) is 0 Å². The standard InChI is InChI=1S/C31H24F4N4O6/c1-14-26(16-6-5-15(32)9-17(16)33)29(40)27(22(37-14)13-42-2)30(41)38-20-10-19(35)24(11-18(20)34)45-23-7-8-36-21-12-25(43-3)31(44-4)39-28(21)23/h5-12H,13H2,1-4H3,(H,37,40)(H,38,41). The number of nitrogens with one attached hydrogen (secondary N) is 2. The molecule has 0 spiro atoms. The molecule has 0 aliphatic rings. The minimum atomic E-state index is -1.13. The molecule has 5 aromatic rings. The Balaban J connectivity index is 1.50. The molecule has 0 unspecified atom stereocenters. The van der Waals surface area contributed by atoms with Crippen molar-refractivity contribution in [1.29, 1.82) is 0 Å². The molecule has 1 amide bonds. The maximum Gasteiger partial charge on any atom is 0.261 e. The molecule has 0 fully saturated rings. The average Bonchev–Trinajstić information content (AvgIpc) is 3.00. The summed E-state index contributed by atoms with van der Waals surface area (Å²) in [6, 6.07) is 6.90. The predicted molar refractivity (Wildman–Crippen MR) is 155 cm³/mol. The number of ether oxygens (including phenoxy) is 4. The molecule has 2 N–H and O–H groups in total. The Morgan fingerprint density at radius 1 is 0.911 bits per heavy atom. The number of pyridine rings is 3. The maximum atomic E-state index is 15.3. The molecule has 10 nitrogen and oxygen atoms in total. The van der Waals surface area contributed by atoms with Gasteiger partial charge in [0.25, 0.3) is 11.8 Å². The number of benzene rings is 2. The van der Waals surface area contributed by atoms with Gasteiger partial charge in [-0.05, 0) is 19.1 Å². The van der Waals surface area contributed by atoms with Crippen molar-refractivity contribution < 1.29 is 41.3 Å². The number of aryl methyl sites for hydroxylation is 1. The van der Waals surface area contributed by atoms with Crippen molar-refractivity contribution in [2.24, 2.45) is 0 Å². The number of anilines is 1. The zero-order chi connectivity index (χ0) is 32.4. The normalized spacial score (nSPS) is 11.0. The number of methoxy groups -OCH3 is 3. The second-order valence-corrected chi connectivity index (χ2v) is 9.56. The summed E-state index contributed by atoms with van der Waals surface area (Å²) in [4.78, 5) is 38.2. The SMILES string of the molecule is COCc1[nH]c(C)c(-c2ccc(F)cc2F)c(=O)c1C(=O)Nc1cc(F)c(Oc2ccnc3cc(OC)c(OC)nc23)cc1F. The van der Waals surface area contributed by atoms with Gasteiger partial charge in [-0.25, -0.2) is 22.5 Å². The second kappa shape index (κ2) is 12.6. The summed E-state index contributed by atoms with van der Waals surface area (Å²) in [6.07, 6.45) is 1.37. The Morgan fingerprint density at radius 2 is 1.69 bits per heavy atom. The Hall–Kier alpha value is -5.50. The van der Waals surface area contributed by atoms with Crippen LogP contribution in [0.2, 0.25) is 0 Å². The quantitative estimate of drug-likeness (QED) is 0.190. The van der Waals surface area contributed by atoms with Crippen LogP contribution in [0.4, 0.5) is 23.2 Å². The van der Waals surface area contributed by atoms with Crippen LogP contribution in [0.5, 0.6) is 23.1 Å². The molecular weight excluding hydrogens is 600 g/mol. The van der Waals surface area contributed by atoms with E-state index in [0.717, 1.165) is 12.1 Å². The number of halogens is 4. The monoisotopic (exact) mass is 624 g/mol. The van der Waals surface area contributed by atoms with E-state index in [9.17, 15) is 18.4 Å². The fourth-order valence-electron chi connectivity index (χ4n) is 4.69. The van der Waals surface area contributed by atoms with Crippen molar-refractivity contribution in [3.63, 3.8) is 0 Å². The molecular formula is C31H24F4N4O6. The third-order valence-electron chi connectivity index (χ3n) is 6.70. The summed E-state index contributed by atoms with van der Waals surface area (Å²) >= 11 is 0. The first kappa shape index (κ1) is 30.9. The van der Waals surface area contributed by atoms with Gasteiger partial charge in [-0.15, -0.1) is 0 Å². The van der Waals surface area contributed by atoms with Crippen LogP contribution in [-0.4, -0.2) is 42.2 Å². The van der Waals surface area contributed by atoms with Gasteiger partial charge in [-0.3, -0.25) is 14.6 Å². The molecule has 0 aliphatic carbocycles. The number of H-pyrrole nitrogens is 1. The van der Waals surface area contributed by atoms with Gasteiger partial charge in [0, 0.05) is 54.9 Å². The highest BCUT2D eigenvalue weighted by atomic mass is 19.1. The van der Waals surface area contributed by atoms with Crippen molar-refractivity contribution in [2.75, 3.05) is 26.6 Å². The van der Waals surface area contributed by atoms with Crippen molar-refractivity contribution in [3.05, 3.63) is 99.1 Å². The predicted octanol–water partition coefficient (Wildman–Crippen LogP) is 6.06. The van der Waals surface area contributed by atoms with Gasteiger partial charge < -0.3 is 29.2 Å². The molecule has 3 aromatic heterocycles. The van der Waals surface area contributed by atoms with Gasteiger partial charge in [0.1, 0.15) is 22.7 Å². The smallest absolute Gasteiger partial charge is 0.261 e. The number of nitrogens with zero attached hydrogens (tertiary/aromatic N) is 2. The molecule has 14 heteroatoms. The molecule has 0 saturated heterocycles. The highest BCUT2D eigenvalue weighted by molar-refractivity contribution is 6.06. The van der Waals surface area contributed by atoms with E-state index in [2.05, 4.69) is 20.3 Å². The lowest BCUT2D eigenvalue weighted by Gasteiger charge is -2.16. The van der Waals surface area contributed by atoms with Gasteiger partial charge in [0.2, 0.25) is 5.43 Å². The van der Waals surface area contributed by atoms with Gasteiger partial charge in [-0.1, -0.05) is 0 Å². The Kier molecular flexibility index (Phi) is 8.68. The summed E-state index contributed by atoms with van der Waals surface area (Å²) in [5.41, 5.74) is -1.95. The van der Waals surface area contributed by atoms with E-state index < -0.39 is 51.6 Å². The fraction of sp³-hybridized carbons (Fsp3) is 0.161. The maximum absolute atomic E-state index is 15.3. The zero-order valence-electron chi connectivity index (χ0n) is 24.2. The molecule has 2 aromatic carbocycles. The Morgan fingerprint density at radius 3 is 2.38 bits per heavy atom. The third kappa shape index (κ3) is 5.99. The molecule has 0 aliphatic heterocycles. The largest absolute Gasteiger partial charge is 0.491 e. The number of hydrogen-bond donors (Lipinski definition) is 2.